The molecule has 0 radical (unpaired) electrons. The van der Waals surface area contributed by atoms with Crippen LogP contribution in [0.4, 0.5) is 5.69 Å². The molecule has 0 unspecified atom stereocenters. The van der Waals surface area contributed by atoms with Gasteiger partial charge in [-0.2, -0.15) is 5.10 Å². The molecule has 28 heavy (non-hydrogen) atoms. The molecule has 2 aromatic carbocycles. The third kappa shape index (κ3) is 4.07. The monoisotopic (exact) mass is 370 g/mol. The van der Waals surface area contributed by atoms with Crippen LogP contribution in [0.5, 0.6) is 11.6 Å². The molecule has 0 atom stereocenters. The summed E-state index contributed by atoms with van der Waals surface area (Å²) in [6.07, 6.45) is 4.78. The number of amides is 1. The van der Waals surface area contributed by atoms with Gasteiger partial charge in [0.2, 0.25) is 5.88 Å². The summed E-state index contributed by atoms with van der Waals surface area (Å²) in [6, 6.07) is 20.8. The number of ether oxygens (including phenoxy) is 1. The van der Waals surface area contributed by atoms with E-state index in [2.05, 4.69) is 15.4 Å². The van der Waals surface area contributed by atoms with E-state index in [4.69, 9.17) is 4.74 Å². The molecule has 1 N–H and O–H groups in total. The lowest BCUT2D eigenvalue weighted by Gasteiger charge is -2.07. The molecule has 0 fully saturated rings. The molecule has 0 aliphatic carbocycles. The van der Waals surface area contributed by atoms with Gasteiger partial charge in [0.1, 0.15) is 5.75 Å². The number of carbonyl (C=O) groups excluding carboxylic acids is 1. The van der Waals surface area contributed by atoms with Crippen molar-refractivity contribution in [2.45, 2.75) is 6.92 Å². The average molecular weight is 370 g/mol. The van der Waals surface area contributed by atoms with Gasteiger partial charge in [-0.3, -0.25) is 4.79 Å². The van der Waals surface area contributed by atoms with Crippen molar-refractivity contribution in [3.8, 4) is 17.3 Å². The standard InChI is InChI=1S/C22H18N4O2/c1-16-7-10-20(11-8-16)28-21-12-9-18(14-23-21)25-22(27)17-13-24-26(15-17)19-5-3-2-4-6-19/h2-15H,1H3,(H,25,27). The lowest BCUT2D eigenvalue weighted by molar-refractivity contribution is 0.102. The number of nitrogens with zero attached hydrogens (tertiary/aromatic N) is 3. The van der Waals surface area contributed by atoms with Gasteiger partial charge < -0.3 is 10.1 Å². The molecule has 6 nitrogen and oxygen atoms in total. The van der Waals surface area contributed by atoms with Crippen LogP contribution >= 0.6 is 0 Å². The lowest BCUT2D eigenvalue weighted by Crippen LogP contribution is -2.11. The van der Waals surface area contributed by atoms with Gasteiger partial charge in [-0.15, -0.1) is 0 Å². The fraction of sp³-hybridized carbons (Fsp3) is 0.0455. The number of hydrogen-bond donors (Lipinski definition) is 1. The summed E-state index contributed by atoms with van der Waals surface area (Å²) in [5.41, 5.74) is 3.09. The summed E-state index contributed by atoms with van der Waals surface area (Å²) in [7, 11) is 0. The predicted molar refractivity (Wildman–Crippen MR) is 107 cm³/mol. The zero-order valence-electron chi connectivity index (χ0n) is 15.2. The van der Waals surface area contributed by atoms with Crippen LogP contribution in [0, 0.1) is 6.92 Å². The number of anilines is 1. The first kappa shape index (κ1) is 17.5. The summed E-state index contributed by atoms with van der Waals surface area (Å²) in [5, 5.41) is 7.05. The number of pyridine rings is 1. The van der Waals surface area contributed by atoms with Crippen LogP contribution < -0.4 is 10.1 Å². The first-order chi connectivity index (χ1) is 13.7. The lowest BCUT2D eigenvalue weighted by atomic mass is 10.2. The Morgan fingerprint density at radius 2 is 1.75 bits per heavy atom. The smallest absolute Gasteiger partial charge is 0.258 e. The molecule has 0 bridgehead atoms. The molecular weight excluding hydrogens is 352 g/mol. The Morgan fingerprint density at radius 3 is 2.46 bits per heavy atom. The van der Waals surface area contributed by atoms with Crippen LogP contribution in [-0.4, -0.2) is 20.7 Å². The zero-order valence-corrected chi connectivity index (χ0v) is 15.2. The van der Waals surface area contributed by atoms with Crippen LogP contribution in [0.3, 0.4) is 0 Å². The van der Waals surface area contributed by atoms with Gasteiger partial charge in [-0.25, -0.2) is 9.67 Å². The fourth-order valence-electron chi connectivity index (χ4n) is 2.61. The third-order valence-corrected chi connectivity index (χ3v) is 4.10. The van der Waals surface area contributed by atoms with E-state index < -0.39 is 0 Å². The second-order valence-corrected chi connectivity index (χ2v) is 6.26. The SMILES string of the molecule is Cc1ccc(Oc2ccc(NC(=O)c3cnn(-c4ccccc4)c3)cn2)cc1. The Balaban J connectivity index is 1.41. The van der Waals surface area contributed by atoms with E-state index in [9.17, 15) is 4.79 Å². The van der Waals surface area contributed by atoms with Crippen molar-refractivity contribution >= 4 is 11.6 Å². The highest BCUT2D eigenvalue weighted by Gasteiger charge is 2.10. The number of rotatable bonds is 5. The normalized spacial score (nSPS) is 10.5. The second kappa shape index (κ2) is 7.75. The molecule has 2 aromatic heterocycles. The molecule has 6 heteroatoms. The molecule has 0 aliphatic heterocycles. The number of benzene rings is 2. The first-order valence-electron chi connectivity index (χ1n) is 8.79. The molecule has 0 saturated carbocycles. The minimum absolute atomic E-state index is 0.254. The van der Waals surface area contributed by atoms with E-state index in [1.54, 1.807) is 29.2 Å². The Labute approximate surface area is 162 Å². The number of aromatic nitrogens is 3. The van der Waals surface area contributed by atoms with E-state index in [-0.39, 0.29) is 5.91 Å². The largest absolute Gasteiger partial charge is 0.439 e. The van der Waals surface area contributed by atoms with Crippen molar-refractivity contribution in [2.24, 2.45) is 0 Å². The summed E-state index contributed by atoms with van der Waals surface area (Å²) in [5.74, 6) is 0.915. The van der Waals surface area contributed by atoms with Gasteiger partial charge in [0.15, 0.2) is 0 Å². The molecular formula is C22H18N4O2. The highest BCUT2D eigenvalue weighted by atomic mass is 16.5. The molecule has 138 valence electrons. The summed E-state index contributed by atoms with van der Waals surface area (Å²) in [6.45, 7) is 2.02. The van der Waals surface area contributed by atoms with E-state index in [0.29, 0.717) is 22.9 Å². The van der Waals surface area contributed by atoms with Crippen molar-refractivity contribution in [3.05, 3.63) is 96.4 Å². The summed E-state index contributed by atoms with van der Waals surface area (Å²) >= 11 is 0. The Bertz CT molecular complexity index is 1070. The maximum Gasteiger partial charge on any atom is 0.258 e. The Morgan fingerprint density at radius 1 is 0.964 bits per heavy atom. The highest BCUT2D eigenvalue weighted by Crippen LogP contribution is 2.21. The molecule has 0 saturated heterocycles. The van der Waals surface area contributed by atoms with Crippen LogP contribution in [-0.2, 0) is 0 Å². The zero-order chi connectivity index (χ0) is 19.3. The van der Waals surface area contributed by atoms with Crippen LogP contribution in [0.2, 0.25) is 0 Å². The minimum Gasteiger partial charge on any atom is -0.439 e. The molecule has 2 heterocycles. The Hall–Kier alpha value is -3.93. The van der Waals surface area contributed by atoms with Crippen molar-refractivity contribution in [1.82, 2.24) is 14.8 Å². The fourth-order valence-corrected chi connectivity index (χ4v) is 2.61. The molecule has 4 aromatic rings. The molecule has 0 spiro atoms. The second-order valence-electron chi connectivity index (χ2n) is 6.26. The van der Waals surface area contributed by atoms with Gasteiger partial charge in [-0.1, -0.05) is 35.9 Å². The van der Waals surface area contributed by atoms with E-state index in [1.807, 2.05) is 61.5 Å². The van der Waals surface area contributed by atoms with Gasteiger partial charge in [0.25, 0.3) is 5.91 Å². The average Bonchev–Trinajstić information content (AvgIpc) is 3.22. The number of nitrogens with one attached hydrogen (secondary N) is 1. The molecule has 1 amide bonds. The summed E-state index contributed by atoms with van der Waals surface area (Å²) in [4.78, 5) is 16.7. The highest BCUT2D eigenvalue weighted by molar-refractivity contribution is 6.03. The van der Waals surface area contributed by atoms with Gasteiger partial charge >= 0.3 is 0 Å². The van der Waals surface area contributed by atoms with Gasteiger partial charge in [0.05, 0.1) is 29.3 Å². The maximum absolute atomic E-state index is 12.4. The summed E-state index contributed by atoms with van der Waals surface area (Å²) < 4.78 is 7.35. The number of para-hydroxylation sites is 1. The van der Waals surface area contributed by atoms with Crippen molar-refractivity contribution in [3.63, 3.8) is 0 Å². The van der Waals surface area contributed by atoms with E-state index in [0.717, 1.165) is 11.3 Å². The van der Waals surface area contributed by atoms with Crippen molar-refractivity contribution in [2.75, 3.05) is 5.32 Å². The number of aryl methyl sites for hydroxylation is 1. The van der Waals surface area contributed by atoms with Crippen LogP contribution in [0.15, 0.2) is 85.3 Å². The maximum atomic E-state index is 12.4. The van der Waals surface area contributed by atoms with E-state index in [1.165, 1.54) is 6.20 Å². The topological polar surface area (TPSA) is 69.0 Å². The van der Waals surface area contributed by atoms with Gasteiger partial charge in [0, 0.05) is 12.3 Å². The molecule has 4 rings (SSSR count). The predicted octanol–water partition coefficient (Wildman–Crippen LogP) is 4.62. The van der Waals surface area contributed by atoms with Crippen molar-refractivity contribution in [1.29, 1.82) is 0 Å². The third-order valence-electron chi connectivity index (χ3n) is 4.10. The van der Waals surface area contributed by atoms with Crippen LogP contribution in [0.25, 0.3) is 5.69 Å². The number of hydrogen-bond acceptors (Lipinski definition) is 4. The van der Waals surface area contributed by atoms with Gasteiger partial charge in [-0.05, 0) is 37.3 Å². The molecule has 0 aliphatic rings. The van der Waals surface area contributed by atoms with Crippen molar-refractivity contribution < 1.29 is 9.53 Å². The van der Waals surface area contributed by atoms with E-state index >= 15 is 0 Å². The Kier molecular flexibility index (Phi) is 4.84. The quantitative estimate of drug-likeness (QED) is 0.556. The number of carbonyl (C=O) groups is 1. The minimum atomic E-state index is -0.254. The van der Waals surface area contributed by atoms with Crippen LogP contribution in [0.1, 0.15) is 15.9 Å². The first-order valence-corrected chi connectivity index (χ1v) is 8.79.